The Kier molecular flexibility index (Phi) is 2.93. The normalized spacial score (nSPS) is 11.8. The van der Waals surface area contributed by atoms with Gasteiger partial charge in [0.2, 0.25) is 0 Å². The Bertz CT molecular complexity index is 514. The number of nitriles is 1. The van der Waals surface area contributed by atoms with Gasteiger partial charge < -0.3 is 0 Å². The first-order valence-corrected chi connectivity index (χ1v) is 5.05. The predicted molar refractivity (Wildman–Crippen MR) is 60.7 cm³/mol. The molecule has 0 spiro atoms. The van der Waals surface area contributed by atoms with E-state index in [1.165, 1.54) is 0 Å². The van der Waals surface area contributed by atoms with Crippen molar-refractivity contribution in [1.29, 1.82) is 5.26 Å². The minimum atomic E-state index is -0.338. The third kappa shape index (κ3) is 1.91. The Morgan fingerprint density at radius 2 is 2.00 bits per heavy atom. The highest BCUT2D eigenvalue weighted by molar-refractivity contribution is 5.38. The molecule has 2 rings (SSSR count). The van der Waals surface area contributed by atoms with Gasteiger partial charge in [-0.25, -0.2) is 0 Å². The lowest BCUT2D eigenvalue weighted by Gasteiger charge is -2.10. The number of aryl methyl sites for hydroxylation is 1. The van der Waals surface area contributed by atoms with Gasteiger partial charge in [-0.3, -0.25) is 0 Å². The van der Waals surface area contributed by atoms with Crippen LogP contribution in [0.1, 0.15) is 22.7 Å². The number of nitrogens with zero attached hydrogens (tertiary/aromatic N) is 3. The Hall–Kier alpha value is -2.21. The van der Waals surface area contributed by atoms with Crippen molar-refractivity contribution < 1.29 is 0 Å². The molecule has 0 aliphatic heterocycles. The fourth-order valence-corrected chi connectivity index (χ4v) is 1.67. The fourth-order valence-electron chi connectivity index (χ4n) is 1.67. The second kappa shape index (κ2) is 4.54. The van der Waals surface area contributed by atoms with Gasteiger partial charge in [-0.05, 0) is 30.2 Å². The monoisotopic (exact) mass is 209 g/mol. The summed E-state index contributed by atoms with van der Waals surface area (Å²) in [5.74, 6) is -0.338. The van der Waals surface area contributed by atoms with E-state index in [1.54, 1.807) is 12.3 Å². The van der Waals surface area contributed by atoms with Crippen molar-refractivity contribution in [2.45, 2.75) is 12.8 Å². The van der Waals surface area contributed by atoms with Crippen LogP contribution in [0.3, 0.4) is 0 Å². The maximum atomic E-state index is 9.24. The maximum absolute atomic E-state index is 9.24. The topological polar surface area (TPSA) is 49.6 Å². The average molecular weight is 209 g/mol. The van der Waals surface area contributed by atoms with Gasteiger partial charge in [-0.1, -0.05) is 24.3 Å². The number of benzene rings is 1. The molecule has 78 valence electrons. The van der Waals surface area contributed by atoms with Crippen molar-refractivity contribution in [2.75, 3.05) is 0 Å². The molecule has 0 bridgehead atoms. The van der Waals surface area contributed by atoms with E-state index in [2.05, 4.69) is 16.3 Å². The van der Waals surface area contributed by atoms with E-state index in [0.29, 0.717) is 5.69 Å². The predicted octanol–water partition coefficient (Wildman–Crippen LogP) is 2.44. The highest BCUT2D eigenvalue weighted by Gasteiger charge is 2.16. The van der Waals surface area contributed by atoms with Crippen LogP contribution in [0.15, 0.2) is 42.6 Å². The van der Waals surface area contributed by atoms with Gasteiger partial charge in [-0.2, -0.15) is 15.5 Å². The van der Waals surface area contributed by atoms with Crippen molar-refractivity contribution in [3.8, 4) is 6.07 Å². The Labute approximate surface area is 94.4 Å². The summed E-state index contributed by atoms with van der Waals surface area (Å²) in [6.45, 7) is 2.00. The summed E-state index contributed by atoms with van der Waals surface area (Å²) in [5.41, 5.74) is 2.78. The molecule has 1 atom stereocenters. The lowest BCUT2D eigenvalue weighted by atomic mass is 9.93. The summed E-state index contributed by atoms with van der Waals surface area (Å²) in [4.78, 5) is 0. The minimum Gasteiger partial charge on any atom is -0.197 e. The minimum absolute atomic E-state index is 0.338. The van der Waals surface area contributed by atoms with Gasteiger partial charge in [0, 0.05) is 6.20 Å². The van der Waals surface area contributed by atoms with Crippen LogP contribution < -0.4 is 0 Å². The van der Waals surface area contributed by atoms with Gasteiger partial charge >= 0.3 is 0 Å². The van der Waals surface area contributed by atoms with Crippen molar-refractivity contribution >= 4 is 0 Å². The smallest absolute Gasteiger partial charge is 0.115 e. The fraction of sp³-hybridized carbons (Fsp3) is 0.154. The number of hydrogen-bond acceptors (Lipinski definition) is 3. The lowest BCUT2D eigenvalue weighted by Crippen LogP contribution is -2.03. The number of rotatable bonds is 2. The third-order valence-electron chi connectivity index (χ3n) is 2.52. The van der Waals surface area contributed by atoms with Gasteiger partial charge in [0.1, 0.15) is 5.92 Å². The van der Waals surface area contributed by atoms with Crippen LogP contribution in [0.5, 0.6) is 0 Å². The second-order valence-corrected chi connectivity index (χ2v) is 3.57. The summed E-state index contributed by atoms with van der Waals surface area (Å²) < 4.78 is 0. The summed E-state index contributed by atoms with van der Waals surface area (Å²) in [7, 11) is 0. The van der Waals surface area contributed by atoms with E-state index in [0.717, 1.165) is 11.1 Å². The van der Waals surface area contributed by atoms with Crippen LogP contribution in [0.4, 0.5) is 0 Å². The Morgan fingerprint density at radius 1 is 1.19 bits per heavy atom. The molecule has 0 N–H and O–H groups in total. The van der Waals surface area contributed by atoms with Gasteiger partial charge in [-0.15, -0.1) is 0 Å². The highest BCUT2D eigenvalue weighted by atomic mass is 15.1. The SMILES string of the molecule is Cc1ccccc1C(C#N)c1cccnn1. The van der Waals surface area contributed by atoms with E-state index >= 15 is 0 Å². The molecule has 16 heavy (non-hydrogen) atoms. The molecule has 0 amide bonds. The summed E-state index contributed by atoms with van der Waals surface area (Å²) in [6, 6.07) is 13.7. The van der Waals surface area contributed by atoms with Crippen LogP contribution in [0, 0.1) is 18.3 Å². The lowest BCUT2D eigenvalue weighted by molar-refractivity contribution is 0.879. The second-order valence-electron chi connectivity index (χ2n) is 3.57. The molecule has 3 heteroatoms. The zero-order valence-corrected chi connectivity index (χ0v) is 8.96. The van der Waals surface area contributed by atoms with Gasteiger partial charge in [0.15, 0.2) is 0 Å². The molecule has 0 saturated heterocycles. The van der Waals surface area contributed by atoms with Gasteiger partial charge in [0.05, 0.1) is 11.8 Å². The standard InChI is InChI=1S/C13H11N3/c1-10-5-2-3-6-11(10)12(9-14)13-7-4-8-15-16-13/h2-8,12H,1H3. The molecule has 0 radical (unpaired) electrons. The largest absolute Gasteiger partial charge is 0.197 e. The number of hydrogen-bond donors (Lipinski definition) is 0. The zero-order valence-electron chi connectivity index (χ0n) is 8.96. The molecule has 2 aromatic rings. The molecule has 0 fully saturated rings. The molecule has 1 aromatic carbocycles. The molecular formula is C13H11N3. The van der Waals surface area contributed by atoms with E-state index in [1.807, 2.05) is 37.3 Å². The molecule has 1 unspecified atom stereocenters. The van der Waals surface area contributed by atoms with Crippen LogP contribution in [0.2, 0.25) is 0 Å². The van der Waals surface area contributed by atoms with Crippen molar-refractivity contribution in [1.82, 2.24) is 10.2 Å². The molecular weight excluding hydrogens is 198 g/mol. The van der Waals surface area contributed by atoms with Crippen molar-refractivity contribution in [3.05, 3.63) is 59.4 Å². The van der Waals surface area contributed by atoms with Crippen LogP contribution in [0.25, 0.3) is 0 Å². The first-order valence-electron chi connectivity index (χ1n) is 5.05. The van der Waals surface area contributed by atoms with Crippen LogP contribution >= 0.6 is 0 Å². The van der Waals surface area contributed by atoms with Crippen LogP contribution in [-0.4, -0.2) is 10.2 Å². The van der Waals surface area contributed by atoms with E-state index < -0.39 is 0 Å². The summed E-state index contributed by atoms with van der Waals surface area (Å²) >= 11 is 0. The average Bonchev–Trinajstić information content (AvgIpc) is 2.34. The first-order chi connectivity index (χ1) is 7.83. The Balaban J connectivity index is 2.47. The third-order valence-corrected chi connectivity index (χ3v) is 2.52. The van der Waals surface area contributed by atoms with Crippen molar-refractivity contribution in [3.63, 3.8) is 0 Å². The highest BCUT2D eigenvalue weighted by Crippen LogP contribution is 2.24. The summed E-state index contributed by atoms with van der Waals surface area (Å²) in [6.07, 6.45) is 1.61. The first kappa shape index (κ1) is 10.3. The molecule has 1 aromatic heterocycles. The quantitative estimate of drug-likeness (QED) is 0.763. The van der Waals surface area contributed by atoms with Crippen LogP contribution in [-0.2, 0) is 0 Å². The Morgan fingerprint density at radius 3 is 2.62 bits per heavy atom. The molecule has 1 heterocycles. The van der Waals surface area contributed by atoms with E-state index in [-0.39, 0.29) is 5.92 Å². The molecule has 0 aliphatic carbocycles. The molecule has 0 saturated carbocycles. The van der Waals surface area contributed by atoms with E-state index in [9.17, 15) is 5.26 Å². The number of aromatic nitrogens is 2. The molecule has 0 aliphatic rings. The zero-order chi connectivity index (χ0) is 11.4. The van der Waals surface area contributed by atoms with E-state index in [4.69, 9.17) is 0 Å². The molecule has 3 nitrogen and oxygen atoms in total. The summed E-state index contributed by atoms with van der Waals surface area (Å²) in [5, 5.41) is 17.0. The maximum Gasteiger partial charge on any atom is 0.115 e. The van der Waals surface area contributed by atoms with Gasteiger partial charge in [0.25, 0.3) is 0 Å². The van der Waals surface area contributed by atoms with Crippen molar-refractivity contribution in [2.24, 2.45) is 0 Å².